The van der Waals surface area contributed by atoms with E-state index in [-0.39, 0.29) is 67.6 Å². The van der Waals surface area contributed by atoms with Gasteiger partial charge in [-0.15, -0.1) is 0 Å². The van der Waals surface area contributed by atoms with E-state index in [1.807, 2.05) is 38.1 Å². The number of pyridine rings is 1. The topological polar surface area (TPSA) is 183 Å². The fourth-order valence-electron chi connectivity index (χ4n) is 7.04. The van der Waals surface area contributed by atoms with Crippen LogP contribution in [0, 0.1) is 13.8 Å². The van der Waals surface area contributed by atoms with Gasteiger partial charge in [-0.1, -0.05) is 29.4 Å². The third-order valence-corrected chi connectivity index (χ3v) is 11.7. The van der Waals surface area contributed by atoms with Crippen LogP contribution >= 0.6 is 0 Å². The number of benzene rings is 3. The van der Waals surface area contributed by atoms with Gasteiger partial charge in [0, 0.05) is 61.9 Å². The minimum absolute atomic E-state index is 0.0102. The van der Waals surface area contributed by atoms with Gasteiger partial charge in [0.1, 0.15) is 40.3 Å². The highest BCUT2D eigenvalue weighted by atomic mass is 32.2. The number of rotatable bonds is 11. The molecule has 1 unspecified atom stereocenters. The number of aryl methyl sites for hydroxylation is 2. The SMILES string of the molecule is COc1ccc(S(=O)(=O)N2CCCC2C(=O)N2CCN(C(=O)c3ccc(/C(N)=N\OC(C)=O)cc3)CC2)c(OC)c1COc1cccc2c(C)cc(C)nc12. The number of aromatic nitrogens is 1. The smallest absolute Gasteiger partial charge is 0.332 e. The zero-order valence-electron chi connectivity index (χ0n) is 31.4. The van der Waals surface area contributed by atoms with E-state index in [4.69, 9.17) is 19.9 Å². The first-order valence-electron chi connectivity index (χ1n) is 17.8. The Labute approximate surface area is 319 Å². The van der Waals surface area contributed by atoms with Crippen LogP contribution in [0.25, 0.3) is 10.9 Å². The van der Waals surface area contributed by atoms with Crippen molar-refractivity contribution >= 4 is 44.5 Å². The summed E-state index contributed by atoms with van der Waals surface area (Å²) in [4.78, 5) is 50.7. The number of amidine groups is 1. The molecule has 3 heterocycles. The molecule has 15 nitrogen and oxygen atoms in total. The van der Waals surface area contributed by atoms with Crippen molar-refractivity contribution in [3.8, 4) is 17.2 Å². The normalized spacial score (nSPS) is 16.6. The molecule has 0 aliphatic carbocycles. The van der Waals surface area contributed by atoms with Gasteiger partial charge < -0.3 is 34.6 Å². The van der Waals surface area contributed by atoms with Crippen molar-refractivity contribution < 1.29 is 41.8 Å². The lowest BCUT2D eigenvalue weighted by atomic mass is 10.1. The molecule has 0 spiro atoms. The number of amides is 2. The first-order chi connectivity index (χ1) is 26.3. The number of methoxy groups -OCH3 is 2. The number of para-hydroxylation sites is 1. The lowest BCUT2D eigenvalue weighted by molar-refractivity contribution is -0.141. The summed E-state index contributed by atoms with van der Waals surface area (Å²) in [6.45, 7) is 6.22. The van der Waals surface area contributed by atoms with Crippen LogP contribution in [0.3, 0.4) is 0 Å². The van der Waals surface area contributed by atoms with Gasteiger partial charge in [0.15, 0.2) is 5.84 Å². The minimum atomic E-state index is -4.24. The maximum Gasteiger partial charge on any atom is 0.332 e. The van der Waals surface area contributed by atoms with E-state index in [2.05, 4.69) is 15.0 Å². The molecule has 6 rings (SSSR count). The number of carbonyl (C=O) groups excluding carboxylic acids is 3. The summed E-state index contributed by atoms with van der Waals surface area (Å²) < 4.78 is 47.7. The first-order valence-corrected chi connectivity index (χ1v) is 19.2. The number of sulfonamides is 1. The lowest BCUT2D eigenvalue weighted by Gasteiger charge is -2.37. The molecular weight excluding hydrogens is 729 g/mol. The molecule has 1 atom stereocenters. The third kappa shape index (κ3) is 8.05. The Hall–Kier alpha value is -5.74. The Kier molecular flexibility index (Phi) is 11.6. The van der Waals surface area contributed by atoms with E-state index >= 15 is 0 Å². The Morgan fingerprint density at radius 2 is 1.58 bits per heavy atom. The quantitative estimate of drug-likeness (QED) is 0.101. The van der Waals surface area contributed by atoms with Gasteiger partial charge in [0.05, 0.1) is 19.8 Å². The predicted octanol–water partition coefficient (Wildman–Crippen LogP) is 3.77. The van der Waals surface area contributed by atoms with Crippen molar-refractivity contribution in [2.75, 3.05) is 46.9 Å². The van der Waals surface area contributed by atoms with Crippen LogP contribution in [0.2, 0.25) is 0 Å². The predicted molar refractivity (Wildman–Crippen MR) is 203 cm³/mol. The molecule has 0 saturated carbocycles. The summed E-state index contributed by atoms with van der Waals surface area (Å²) in [6.07, 6.45) is 0.857. The van der Waals surface area contributed by atoms with Crippen molar-refractivity contribution in [1.82, 2.24) is 19.1 Å². The highest BCUT2D eigenvalue weighted by Gasteiger charge is 2.43. The number of ether oxygens (including phenoxy) is 3. The standard InChI is InChI=1S/C39H44N6O9S/c1-24-22-25(2)41-35-29(24)8-6-10-33(35)53-23-30-32(51-4)15-16-34(36(30)52-5)55(49,50)45-17-7-9-31(45)39(48)44-20-18-43(19-21-44)38(47)28-13-11-27(12-14-28)37(40)42-54-26(3)46/h6,8,10-16,22,31H,7,9,17-21,23H2,1-5H3,(H2,40,42). The fourth-order valence-corrected chi connectivity index (χ4v) is 8.87. The number of hydrogen-bond acceptors (Lipinski definition) is 11. The fraction of sp³-hybridized carbons (Fsp3) is 0.359. The van der Waals surface area contributed by atoms with Crippen LogP contribution < -0.4 is 19.9 Å². The van der Waals surface area contributed by atoms with Gasteiger partial charge in [-0.25, -0.2) is 18.2 Å². The van der Waals surface area contributed by atoms with Crippen molar-refractivity contribution in [2.45, 2.75) is 51.2 Å². The maximum atomic E-state index is 14.4. The van der Waals surface area contributed by atoms with Crippen LogP contribution in [-0.4, -0.2) is 104 Å². The minimum Gasteiger partial charge on any atom is -0.496 e. The first kappa shape index (κ1) is 39.0. The zero-order valence-corrected chi connectivity index (χ0v) is 32.2. The van der Waals surface area contributed by atoms with Crippen molar-refractivity contribution in [3.63, 3.8) is 0 Å². The van der Waals surface area contributed by atoms with E-state index in [1.54, 1.807) is 40.1 Å². The van der Waals surface area contributed by atoms with Crippen molar-refractivity contribution in [2.24, 2.45) is 10.9 Å². The molecule has 2 aliphatic heterocycles. The number of oxime groups is 1. The van der Waals surface area contributed by atoms with E-state index in [0.29, 0.717) is 46.5 Å². The van der Waals surface area contributed by atoms with Crippen LogP contribution in [0.4, 0.5) is 0 Å². The molecule has 2 fully saturated rings. The molecule has 55 heavy (non-hydrogen) atoms. The number of nitrogens with zero attached hydrogens (tertiary/aromatic N) is 5. The summed E-state index contributed by atoms with van der Waals surface area (Å²) in [5.41, 5.74) is 9.71. The average Bonchev–Trinajstić information content (AvgIpc) is 3.69. The molecule has 16 heteroatoms. The summed E-state index contributed by atoms with van der Waals surface area (Å²) in [7, 11) is -1.36. The van der Waals surface area contributed by atoms with Crippen LogP contribution in [0.5, 0.6) is 17.2 Å². The molecule has 290 valence electrons. The molecule has 0 bridgehead atoms. The molecule has 4 aromatic rings. The number of hydrogen-bond donors (Lipinski definition) is 1. The average molecular weight is 773 g/mol. The molecule has 2 aliphatic rings. The number of piperazine rings is 1. The Bertz CT molecular complexity index is 2250. The summed E-state index contributed by atoms with van der Waals surface area (Å²) in [5.74, 6) is -0.186. The summed E-state index contributed by atoms with van der Waals surface area (Å²) >= 11 is 0. The molecule has 2 N–H and O–H groups in total. The maximum absolute atomic E-state index is 14.4. The second kappa shape index (κ2) is 16.3. The van der Waals surface area contributed by atoms with E-state index < -0.39 is 22.0 Å². The number of nitrogens with two attached hydrogens (primary N) is 1. The molecular formula is C39H44N6O9S. The van der Waals surface area contributed by atoms with Gasteiger partial charge in [0.25, 0.3) is 5.91 Å². The molecule has 3 aromatic carbocycles. The largest absolute Gasteiger partial charge is 0.496 e. The highest BCUT2D eigenvalue weighted by Crippen LogP contribution is 2.40. The Morgan fingerprint density at radius 1 is 0.891 bits per heavy atom. The second-order valence-corrected chi connectivity index (χ2v) is 15.2. The van der Waals surface area contributed by atoms with E-state index in [1.165, 1.54) is 31.5 Å². The van der Waals surface area contributed by atoms with Crippen LogP contribution in [0.1, 0.15) is 52.5 Å². The van der Waals surface area contributed by atoms with Gasteiger partial charge in [0.2, 0.25) is 15.9 Å². The monoisotopic (exact) mass is 772 g/mol. The highest BCUT2D eigenvalue weighted by molar-refractivity contribution is 7.89. The van der Waals surface area contributed by atoms with Crippen LogP contribution in [-0.2, 0) is 31.1 Å². The van der Waals surface area contributed by atoms with Gasteiger partial charge >= 0.3 is 5.97 Å². The van der Waals surface area contributed by atoms with Crippen LogP contribution in [0.15, 0.2) is 70.7 Å². The van der Waals surface area contributed by atoms with Crippen molar-refractivity contribution in [3.05, 3.63) is 88.6 Å². The summed E-state index contributed by atoms with van der Waals surface area (Å²) in [5, 5.41) is 4.50. The Balaban J connectivity index is 1.16. The molecule has 1 aromatic heterocycles. The molecule has 2 saturated heterocycles. The lowest BCUT2D eigenvalue weighted by Crippen LogP contribution is -2.55. The van der Waals surface area contributed by atoms with Gasteiger partial charge in [-0.3, -0.25) is 9.59 Å². The number of carbonyl (C=O) groups is 3. The molecule has 0 radical (unpaired) electrons. The van der Waals surface area contributed by atoms with E-state index in [9.17, 15) is 22.8 Å². The molecule has 2 amide bonds. The second-order valence-electron chi connectivity index (χ2n) is 13.3. The zero-order chi connectivity index (χ0) is 39.4. The van der Waals surface area contributed by atoms with E-state index in [0.717, 1.165) is 16.6 Å². The summed E-state index contributed by atoms with van der Waals surface area (Å²) in [6, 6.07) is 16.1. The van der Waals surface area contributed by atoms with Gasteiger partial charge in [-0.05, 0) is 68.7 Å². The Morgan fingerprint density at radius 3 is 2.25 bits per heavy atom. The number of fused-ring (bicyclic) bond motifs is 1. The third-order valence-electron chi connectivity index (χ3n) is 9.77. The van der Waals surface area contributed by atoms with Crippen molar-refractivity contribution in [1.29, 1.82) is 0 Å². The van der Waals surface area contributed by atoms with Gasteiger partial charge in [-0.2, -0.15) is 4.31 Å².